The molecule has 1 atom stereocenters. The molecule has 2 heteroatoms. The van der Waals surface area contributed by atoms with E-state index in [-0.39, 0.29) is 6.10 Å². The van der Waals surface area contributed by atoms with Crippen LogP contribution in [-0.4, -0.2) is 16.3 Å². The summed E-state index contributed by atoms with van der Waals surface area (Å²) in [5.41, 5.74) is 0. The van der Waals surface area contributed by atoms with Crippen molar-refractivity contribution in [2.75, 3.05) is 0 Å². The quantitative estimate of drug-likeness (QED) is 0.437. The molecule has 0 heterocycles. The maximum absolute atomic E-state index is 8.74. The maximum atomic E-state index is 8.74. The topological polar surface area (TPSA) is 40.5 Å². The Morgan fingerprint density at radius 3 is 2.67 bits per heavy atom. The third kappa shape index (κ3) is 7.32. The van der Waals surface area contributed by atoms with Gasteiger partial charge in [-0.15, -0.1) is 0 Å². The maximum Gasteiger partial charge on any atom is 0.107 e. The predicted molar refractivity (Wildman–Crippen MR) is 35.2 cm³/mol. The Morgan fingerprint density at radius 2 is 2.22 bits per heavy atom. The van der Waals surface area contributed by atoms with Crippen molar-refractivity contribution in [3.05, 3.63) is 0 Å². The van der Waals surface area contributed by atoms with Gasteiger partial charge in [-0.1, -0.05) is 5.92 Å². The van der Waals surface area contributed by atoms with Crippen molar-refractivity contribution in [3.8, 4) is 12.0 Å². The highest BCUT2D eigenvalue weighted by Crippen LogP contribution is 1.97. The van der Waals surface area contributed by atoms with Crippen molar-refractivity contribution in [2.24, 2.45) is 0 Å². The van der Waals surface area contributed by atoms with Crippen LogP contribution < -0.4 is 0 Å². The molecule has 0 amide bonds. The SMILES string of the molecule is CC(O)CCCC#CO. The highest BCUT2D eigenvalue weighted by Gasteiger charge is 1.91. The van der Waals surface area contributed by atoms with Gasteiger partial charge in [-0.3, -0.25) is 0 Å². The number of unbranched alkanes of at least 4 members (excludes halogenated alkanes) is 1. The van der Waals surface area contributed by atoms with Gasteiger partial charge in [0.05, 0.1) is 6.10 Å². The Kier molecular flexibility index (Phi) is 5.04. The van der Waals surface area contributed by atoms with E-state index < -0.39 is 0 Å². The van der Waals surface area contributed by atoms with Gasteiger partial charge in [0.2, 0.25) is 0 Å². The largest absolute Gasteiger partial charge is 0.462 e. The van der Waals surface area contributed by atoms with Gasteiger partial charge in [-0.2, -0.15) is 0 Å². The van der Waals surface area contributed by atoms with Crippen LogP contribution in [0.15, 0.2) is 0 Å². The zero-order valence-corrected chi connectivity index (χ0v) is 5.59. The lowest BCUT2D eigenvalue weighted by molar-refractivity contribution is 0.182. The smallest absolute Gasteiger partial charge is 0.107 e. The fourth-order valence-corrected chi connectivity index (χ4v) is 0.542. The van der Waals surface area contributed by atoms with Crippen LogP contribution in [0.25, 0.3) is 0 Å². The van der Waals surface area contributed by atoms with E-state index in [0.717, 1.165) is 12.8 Å². The van der Waals surface area contributed by atoms with Crippen molar-refractivity contribution >= 4 is 0 Å². The van der Waals surface area contributed by atoms with E-state index >= 15 is 0 Å². The summed E-state index contributed by atoms with van der Waals surface area (Å²) < 4.78 is 0. The molecule has 0 saturated heterocycles. The molecular weight excluding hydrogens is 116 g/mol. The van der Waals surface area contributed by atoms with Crippen LogP contribution in [0.4, 0.5) is 0 Å². The number of aliphatic hydroxyl groups is 2. The van der Waals surface area contributed by atoms with Crippen molar-refractivity contribution in [3.63, 3.8) is 0 Å². The molecule has 0 saturated carbocycles. The van der Waals surface area contributed by atoms with Crippen LogP contribution >= 0.6 is 0 Å². The van der Waals surface area contributed by atoms with E-state index in [1.54, 1.807) is 6.92 Å². The lowest BCUT2D eigenvalue weighted by Crippen LogP contribution is -1.97. The first-order valence-electron chi connectivity index (χ1n) is 3.07. The average Bonchev–Trinajstić information content (AvgIpc) is 1.80. The molecule has 0 bridgehead atoms. The normalized spacial score (nSPS) is 11.8. The molecule has 2 N–H and O–H groups in total. The highest BCUT2D eigenvalue weighted by atomic mass is 16.3. The zero-order valence-electron chi connectivity index (χ0n) is 5.59. The minimum Gasteiger partial charge on any atom is -0.462 e. The summed E-state index contributed by atoms with van der Waals surface area (Å²) >= 11 is 0. The summed E-state index contributed by atoms with van der Waals surface area (Å²) in [6.07, 6.45) is 3.84. The summed E-state index contributed by atoms with van der Waals surface area (Å²) in [5, 5.41) is 16.7. The van der Waals surface area contributed by atoms with Crippen LogP contribution in [0.3, 0.4) is 0 Å². The molecule has 2 nitrogen and oxygen atoms in total. The Hall–Kier alpha value is -0.680. The zero-order chi connectivity index (χ0) is 7.11. The standard InChI is InChI=1S/C7H12O2/c1-7(9)5-3-2-4-6-8/h7-9H,2-3,5H2,1H3. The van der Waals surface area contributed by atoms with Gasteiger partial charge in [0.15, 0.2) is 0 Å². The van der Waals surface area contributed by atoms with Gasteiger partial charge in [-0.05, 0) is 19.8 Å². The molecule has 0 aliphatic heterocycles. The molecule has 52 valence electrons. The molecule has 0 aliphatic carbocycles. The van der Waals surface area contributed by atoms with Gasteiger partial charge >= 0.3 is 0 Å². The van der Waals surface area contributed by atoms with E-state index in [9.17, 15) is 0 Å². The first-order chi connectivity index (χ1) is 4.27. The Morgan fingerprint density at radius 1 is 1.56 bits per heavy atom. The van der Waals surface area contributed by atoms with Crippen molar-refractivity contribution < 1.29 is 10.2 Å². The summed E-state index contributed by atoms with van der Waals surface area (Å²) in [4.78, 5) is 0. The van der Waals surface area contributed by atoms with Crippen LogP contribution in [0.2, 0.25) is 0 Å². The molecule has 1 unspecified atom stereocenters. The van der Waals surface area contributed by atoms with Crippen LogP contribution in [-0.2, 0) is 0 Å². The van der Waals surface area contributed by atoms with Gasteiger partial charge in [-0.25, -0.2) is 0 Å². The van der Waals surface area contributed by atoms with Gasteiger partial charge in [0.1, 0.15) is 6.11 Å². The molecule has 0 rings (SSSR count). The van der Waals surface area contributed by atoms with E-state index in [2.05, 4.69) is 5.92 Å². The van der Waals surface area contributed by atoms with Crippen molar-refractivity contribution in [1.29, 1.82) is 0 Å². The number of hydrogen-bond donors (Lipinski definition) is 2. The van der Waals surface area contributed by atoms with E-state index in [1.807, 2.05) is 6.11 Å². The van der Waals surface area contributed by atoms with Gasteiger partial charge in [0.25, 0.3) is 0 Å². The molecular formula is C7H12O2. The molecule has 0 aromatic heterocycles. The van der Waals surface area contributed by atoms with E-state index in [0.29, 0.717) is 6.42 Å². The Bertz CT molecular complexity index is 108. The minimum absolute atomic E-state index is 0.245. The van der Waals surface area contributed by atoms with Gasteiger partial charge < -0.3 is 10.2 Å². The second kappa shape index (κ2) is 5.46. The number of rotatable bonds is 3. The van der Waals surface area contributed by atoms with E-state index in [4.69, 9.17) is 10.2 Å². The molecule has 0 radical (unpaired) electrons. The number of aliphatic hydroxyl groups excluding tert-OH is 2. The van der Waals surface area contributed by atoms with E-state index in [1.165, 1.54) is 0 Å². The third-order valence-corrected chi connectivity index (χ3v) is 1.00. The summed E-state index contributed by atoms with van der Waals surface area (Å²) in [6.45, 7) is 1.74. The molecule has 0 spiro atoms. The molecule has 0 fully saturated rings. The first kappa shape index (κ1) is 8.32. The average molecular weight is 128 g/mol. The van der Waals surface area contributed by atoms with Crippen LogP contribution in [0, 0.1) is 12.0 Å². The third-order valence-electron chi connectivity index (χ3n) is 1.00. The Balaban J connectivity index is 2.98. The summed E-state index contributed by atoms with van der Waals surface area (Å²) in [7, 11) is 0. The lowest BCUT2D eigenvalue weighted by Gasteiger charge is -1.98. The Labute approximate surface area is 55.5 Å². The fourth-order valence-electron chi connectivity index (χ4n) is 0.542. The number of hydrogen-bond acceptors (Lipinski definition) is 2. The minimum atomic E-state index is -0.245. The predicted octanol–water partition coefficient (Wildman–Crippen LogP) is 0.871. The fraction of sp³-hybridized carbons (Fsp3) is 0.714. The van der Waals surface area contributed by atoms with Crippen molar-refractivity contribution in [2.45, 2.75) is 32.3 Å². The monoisotopic (exact) mass is 128 g/mol. The molecule has 0 aromatic carbocycles. The van der Waals surface area contributed by atoms with Gasteiger partial charge in [0, 0.05) is 6.42 Å². The second-order valence-corrected chi connectivity index (χ2v) is 2.03. The lowest BCUT2D eigenvalue weighted by atomic mass is 10.2. The van der Waals surface area contributed by atoms with Crippen LogP contribution in [0.5, 0.6) is 0 Å². The highest BCUT2D eigenvalue weighted by molar-refractivity contribution is 4.88. The first-order valence-corrected chi connectivity index (χ1v) is 3.07. The summed E-state index contributed by atoms with van der Waals surface area (Å²) in [5.74, 6) is 2.50. The second-order valence-electron chi connectivity index (χ2n) is 2.03. The molecule has 0 aliphatic rings. The van der Waals surface area contributed by atoms with Crippen molar-refractivity contribution in [1.82, 2.24) is 0 Å². The molecule has 9 heavy (non-hydrogen) atoms. The molecule has 0 aromatic rings. The van der Waals surface area contributed by atoms with Crippen LogP contribution in [0.1, 0.15) is 26.2 Å². The summed E-state index contributed by atoms with van der Waals surface area (Å²) in [6, 6.07) is 0.